The monoisotopic (exact) mass is 574 g/mol. The van der Waals surface area contributed by atoms with Crippen LogP contribution < -0.4 is 7.22 Å². The van der Waals surface area contributed by atoms with Crippen LogP contribution in [0.25, 0.3) is 0 Å². The van der Waals surface area contributed by atoms with Crippen LogP contribution in [0.1, 0.15) is 0 Å². The first-order valence-corrected chi connectivity index (χ1v) is 18.2. The van der Waals surface area contributed by atoms with Crippen LogP contribution >= 0.6 is 0 Å². The quantitative estimate of drug-likeness (QED) is 0.370. The normalized spacial score (nSPS) is 12.3. The topological polar surface area (TPSA) is 109 Å². The summed E-state index contributed by atoms with van der Waals surface area (Å²) >= 11 is -0.979. The van der Waals surface area contributed by atoms with E-state index in [1.54, 1.807) is 24.3 Å². The molecule has 6 nitrogen and oxygen atoms in total. The van der Waals surface area contributed by atoms with Crippen molar-refractivity contribution in [1.29, 1.82) is 0 Å². The molecule has 0 saturated heterocycles. The van der Waals surface area contributed by atoms with Gasteiger partial charge in [-0.2, -0.15) is 0 Å². The number of rotatable bonds is 5. The Hall–Kier alpha value is -0.161. The van der Waals surface area contributed by atoms with Crippen molar-refractivity contribution in [2.45, 2.75) is 9.79 Å². The summed E-state index contributed by atoms with van der Waals surface area (Å²) in [5.74, 6) is 0. The summed E-state index contributed by atoms with van der Waals surface area (Å²) in [7, 11) is -8.32. The first-order chi connectivity index (χ1) is 10.2. The molecule has 0 aliphatic carbocycles. The Morgan fingerprint density at radius 3 is 1.09 bits per heavy atom. The molecule has 0 spiro atoms. The Kier molecular flexibility index (Phi) is 5.92. The molecule has 118 valence electrons. The maximum atomic E-state index is 10.9. The van der Waals surface area contributed by atoms with E-state index in [1.165, 1.54) is 24.3 Å². The predicted molar refractivity (Wildman–Crippen MR) is 83.3 cm³/mol. The van der Waals surface area contributed by atoms with Gasteiger partial charge in [0.1, 0.15) is 0 Å². The van der Waals surface area contributed by atoms with E-state index in [-0.39, 0.29) is 9.79 Å². The van der Waals surface area contributed by atoms with Crippen LogP contribution in [0.2, 0.25) is 0 Å². The molecule has 0 unspecified atom stereocenters. The summed E-state index contributed by atoms with van der Waals surface area (Å²) in [4.78, 5) is -0.247. The zero-order valence-corrected chi connectivity index (χ0v) is 17.1. The van der Waals surface area contributed by atoms with E-state index in [9.17, 15) is 16.8 Å². The molecule has 0 aromatic heterocycles. The van der Waals surface area contributed by atoms with Crippen molar-refractivity contribution < 1.29 is 25.9 Å². The van der Waals surface area contributed by atoms with E-state index in [2.05, 4.69) is 0 Å². The van der Waals surface area contributed by atoms with Gasteiger partial charge < -0.3 is 0 Å². The molecular formula is C12H10O6S2Te2. The van der Waals surface area contributed by atoms with Gasteiger partial charge in [0.15, 0.2) is 0 Å². The number of hydrogen-bond acceptors (Lipinski definition) is 4. The second-order valence-electron chi connectivity index (χ2n) is 4.06. The van der Waals surface area contributed by atoms with Gasteiger partial charge in [-0.1, -0.05) is 0 Å². The fourth-order valence-corrected chi connectivity index (χ4v) is 12.3. The minimum absolute atomic E-state index is 0.123. The van der Waals surface area contributed by atoms with Crippen molar-refractivity contribution in [3.63, 3.8) is 0 Å². The van der Waals surface area contributed by atoms with Crippen molar-refractivity contribution in [2.75, 3.05) is 0 Å². The van der Waals surface area contributed by atoms with Crippen LogP contribution in [0.15, 0.2) is 58.3 Å². The maximum absolute atomic E-state index is 10.9. The van der Waals surface area contributed by atoms with Crippen LogP contribution in [-0.2, 0) is 20.2 Å². The van der Waals surface area contributed by atoms with Gasteiger partial charge in [-0.25, -0.2) is 0 Å². The van der Waals surface area contributed by atoms with Gasteiger partial charge in [0, 0.05) is 0 Å². The first-order valence-electron chi connectivity index (χ1n) is 5.66. The number of hydrogen-bond donors (Lipinski definition) is 2. The van der Waals surface area contributed by atoms with Crippen molar-refractivity contribution in [3.05, 3.63) is 48.5 Å². The van der Waals surface area contributed by atoms with Gasteiger partial charge >= 0.3 is 146 Å². The SMILES string of the molecule is O=S(=O)(O)c1ccc([Te][Te]c2ccc(S(=O)(=O)O)cc2)cc1. The summed E-state index contributed by atoms with van der Waals surface area (Å²) in [6.45, 7) is 0. The van der Waals surface area contributed by atoms with Crippen molar-refractivity contribution in [1.82, 2.24) is 0 Å². The van der Waals surface area contributed by atoms with Crippen molar-refractivity contribution >= 4 is 61.6 Å². The third-order valence-electron chi connectivity index (χ3n) is 2.48. The molecule has 22 heavy (non-hydrogen) atoms. The van der Waals surface area contributed by atoms with Crippen LogP contribution in [0.3, 0.4) is 0 Å². The molecular weight excluding hydrogens is 559 g/mol. The Balaban J connectivity index is 2.04. The molecule has 2 rings (SSSR count). The van der Waals surface area contributed by atoms with Gasteiger partial charge in [0.25, 0.3) is 0 Å². The van der Waals surface area contributed by atoms with Crippen LogP contribution in [0, 0.1) is 0 Å². The zero-order valence-electron chi connectivity index (χ0n) is 10.8. The molecule has 2 N–H and O–H groups in total. The van der Waals surface area contributed by atoms with Gasteiger partial charge in [0.05, 0.1) is 0 Å². The van der Waals surface area contributed by atoms with E-state index >= 15 is 0 Å². The molecule has 0 aliphatic heterocycles. The molecule has 0 amide bonds. The molecule has 2 aromatic rings. The fourth-order valence-electron chi connectivity index (χ4n) is 1.43. The third-order valence-corrected chi connectivity index (χ3v) is 16.1. The van der Waals surface area contributed by atoms with E-state index in [1.807, 2.05) is 0 Å². The molecule has 2 aromatic carbocycles. The summed E-state index contributed by atoms with van der Waals surface area (Å²) < 4.78 is 63.7. The standard InChI is InChI=1S/C12H10O6S2Te2/c13-19(14,15)9-1-5-11(6-2-9)21-22-12-7-3-10(4-8-12)20(16,17)18/h1-8H,(H,13,14,15)(H,16,17,18). The molecule has 0 aliphatic rings. The molecule has 10 heteroatoms. The van der Waals surface area contributed by atoms with Gasteiger partial charge in [-0.05, 0) is 0 Å². The van der Waals surface area contributed by atoms with E-state index in [4.69, 9.17) is 9.11 Å². The molecule has 0 saturated carbocycles. The van der Waals surface area contributed by atoms with Gasteiger partial charge in [-0.3, -0.25) is 0 Å². The van der Waals surface area contributed by atoms with E-state index < -0.39 is 54.4 Å². The number of benzene rings is 2. The first kappa shape index (κ1) is 18.2. The van der Waals surface area contributed by atoms with Crippen LogP contribution in [0.4, 0.5) is 0 Å². The van der Waals surface area contributed by atoms with E-state index in [0.29, 0.717) is 0 Å². The average Bonchev–Trinajstić information content (AvgIpc) is 2.44. The molecule has 0 fully saturated rings. The average molecular weight is 570 g/mol. The van der Waals surface area contributed by atoms with Crippen molar-refractivity contribution in [2.24, 2.45) is 0 Å². The summed E-state index contributed by atoms with van der Waals surface area (Å²) in [6.07, 6.45) is 0. The zero-order chi connectivity index (χ0) is 16.4. The molecule has 0 atom stereocenters. The molecule has 0 bridgehead atoms. The van der Waals surface area contributed by atoms with E-state index in [0.717, 1.165) is 7.22 Å². The fraction of sp³-hybridized carbons (Fsp3) is 0. The summed E-state index contributed by atoms with van der Waals surface area (Å²) in [5.41, 5.74) is 0. The van der Waals surface area contributed by atoms with Crippen LogP contribution in [0.5, 0.6) is 0 Å². The second-order valence-corrected chi connectivity index (χ2v) is 16.9. The summed E-state index contributed by atoms with van der Waals surface area (Å²) in [5, 5.41) is 0. The molecule has 0 heterocycles. The Morgan fingerprint density at radius 2 is 0.864 bits per heavy atom. The Labute approximate surface area is 144 Å². The minimum atomic E-state index is -4.16. The van der Waals surface area contributed by atoms with Gasteiger partial charge in [0.2, 0.25) is 0 Å². The Morgan fingerprint density at radius 1 is 0.591 bits per heavy atom. The predicted octanol–water partition coefficient (Wildman–Crippen LogP) is -0.546. The summed E-state index contributed by atoms with van der Waals surface area (Å²) in [6, 6.07) is 12.3. The van der Waals surface area contributed by atoms with Crippen molar-refractivity contribution in [3.8, 4) is 0 Å². The van der Waals surface area contributed by atoms with Gasteiger partial charge in [-0.15, -0.1) is 0 Å². The Bertz CT molecular complexity index is 783. The molecule has 0 radical (unpaired) electrons. The third kappa shape index (κ3) is 5.19. The van der Waals surface area contributed by atoms with Crippen LogP contribution in [-0.4, -0.2) is 60.1 Å². The second kappa shape index (κ2) is 7.16.